The summed E-state index contributed by atoms with van der Waals surface area (Å²) in [5.41, 5.74) is 3.95. The fourth-order valence-electron chi connectivity index (χ4n) is 2.54. The van der Waals surface area contributed by atoms with E-state index in [0.717, 1.165) is 40.0 Å². The number of anilines is 1. The summed E-state index contributed by atoms with van der Waals surface area (Å²) in [6.45, 7) is 1.28. The van der Waals surface area contributed by atoms with Crippen molar-refractivity contribution in [2.75, 3.05) is 26.1 Å². The van der Waals surface area contributed by atoms with Gasteiger partial charge >= 0.3 is 0 Å². The van der Waals surface area contributed by atoms with Crippen molar-refractivity contribution in [2.45, 2.75) is 13.0 Å². The van der Waals surface area contributed by atoms with Crippen LogP contribution < -0.4 is 10.1 Å². The Morgan fingerprint density at radius 1 is 1.42 bits per heavy atom. The minimum atomic E-state index is 0.571. The molecule has 3 rings (SSSR count). The van der Waals surface area contributed by atoms with Crippen molar-refractivity contribution in [1.82, 2.24) is 4.98 Å². The number of pyridine rings is 1. The predicted octanol–water partition coefficient (Wildman–Crippen LogP) is 3.01. The number of nitrogens with one attached hydrogen (secondary N) is 1. The number of rotatable bonds is 2. The number of halogens is 1. The van der Waals surface area contributed by atoms with E-state index in [1.165, 1.54) is 0 Å². The van der Waals surface area contributed by atoms with Crippen molar-refractivity contribution >= 4 is 28.2 Å². The van der Waals surface area contributed by atoms with E-state index in [1.54, 1.807) is 7.11 Å². The van der Waals surface area contributed by atoms with Crippen LogP contribution in [0.5, 0.6) is 5.75 Å². The van der Waals surface area contributed by atoms with Gasteiger partial charge in [-0.1, -0.05) is 11.6 Å². The van der Waals surface area contributed by atoms with Gasteiger partial charge in [-0.25, -0.2) is 4.98 Å². The number of aromatic nitrogens is 1. The largest absolute Gasteiger partial charge is 0.494 e. The van der Waals surface area contributed by atoms with Crippen LogP contribution in [0, 0.1) is 0 Å². The summed E-state index contributed by atoms with van der Waals surface area (Å²) in [7, 11) is 3.53. The number of hydrogen-bond donors (Lipinski definition) is 1. The fourth-order valence-corrected chi connectivity index (χ4v) is 2.79. The minimum absolute atomic E-state index is 0.571. The average molecular weight is 279 g/mol. The van der Waals surface area contributed by atoms with E-state index in [2.05, 4.69) is 5.32 Å². The van der Waals surface area contributed by atoms with Crippen LogP contribution in [0.3, 0.4) is 0 Å². The second-order valence-electron chi connectivity index (χ2n) is 4.44. The second kappa shape index (κ2) is 4.87. The zero-order chi connectivity index (χ0) is 13.4. The molecule has 0 fully saturated rings. The molecule has 100 valence electrons. The van der Waals surface area contributed by atoms with Crippen molar-refractivity contribution < 1.29 is 9.47 Å². The summed E-state index contributed by atoms with van der Waals surface area (Å²) in [5.74, 6) is 0.741. The molecular formula is C14H15ClN2O2. The van der Waals surface area contributed by atoms with Gasteiger partial charge in [-0.2, -0.15) is 0 Å². The van der Waals surface area contributed by atoms with E-state index in [4.69, 9.17) is 26.1 Å². The van der Waals surface area contributed by atoms with Gasteiger partial charge < -0.3 is 14.8 Å². The van der Waals surface area contributed by atoms with Crippen LogP contribution in [-0.2, 0) is 17.8 Å². The lowest BCUT2D eigenvalue weighted by atomic mass is 10.0. The molecule has 4 nitrogen and oxygen atoms in total. The molecule has 0 bridgehead atoms. The van der Waals surface area contributed by atoms with Crippen LogP contribution in [-0.4, -0.2) is 25.7 Å². The van der Waals surface area contributed by atoms with Gasteiger partial charge in [-0.05, 0) is 12.1 Å². The lowest BCUT2D eigenvalue weighted by Crippen LogP contribution is -2.14. The van der Waals surface area contributed by atoms with Crippen LogP contribution >= 0.6 is 11.6 Å². The number of benzene rings is 1. The number of hydrogen-bond acceptors (Lipinski definition) is 4. The highest BCUT2D eigenvalue weighted by molar-refractivity contribution is 6.36. The van der Waals surface area contributed by atoms with Crippen LogP contribution in [0.25, 0.3) is 10.9 Å². The van der Waals surface area contributed by atoms with Gasteiger partial charge in [0.15, 0.2) is 0 Å². The van der Waals surface area contributed by atoms with E-state index >= 15 is 0 Å². The molecule has 0 radical (unpaired) electrons. The molecule has 2 heterocycles. The van der Waals surface area contributed by atoms with Gasteiger partial charge in [0.05, 0.1) is 36.7 Å². The molecule has 1 aromatic carbocycles. The van der Waals surface area contributed by atoms with E-state index in [-0.39, 0.29) is 0 Å². The van der Waals surface area contributed by atoms with Crippen molar-refractivity contribution in [3.63, 3.8) is 0 Å². The van der Waals surface area contributed by atoms with Crippen LogP contribution in [0.1, 0.15) is 11.3 Å². The molecule has 1 aliphatic heterocycles. The van der Waals surface area contributed by atoms with Gasteiger partial charge in [-0.15, -0.1) is 0 Å². The molecule has 0 saturated carbocycles. The molecule has 0 spiro atoms. The normalized spacial score (nSPS) is 14.3. The zero-order valence-electron chi connectivity index (χ0n) is 10.9. The van der Waals surface area contributed by atoms with Crippen LogP contribution in [0.4, 0.5) is 5.69 Å². The van der Waals surface area contributed by atoms with Crippen molar-refractivity contribution in [3.8, 4) is 5.75 Å². The monoisotopic (exact) mass is 278 g/mol. The van der Waals surface area contributed by atoms with Crippen molar-refractivity contribution in [3.05, 3.63) is 28.4 Å². The molecule has 0 amide bonds. The molecule has 2 aromatic rings. The first-order valence-corrected chi connectivity index (χ1v) is 6.57. The molecule has 0 saturated heterocycles. The Bertz CT molecular complexity index is 643. The molecular weight excluding hydrogens is 264 g/mol. The third-order valence-corrected chi connectivity index (χ3v) is 3.75. The first kappa shape index (κ1) is 12.5. The predicted molar refractivity (Wildman–Crippen MR) is 76.2 cm³/mol. The summed E-state index contributed by atoms with van der Waals surface area (Å²) in [6, 6.07) is 3.68. The lowest BCUT2D eigenvalue weighted by Gasteiger charge is -2.22. The number of ether oxygens (including phenoxy) is 2. The standard InChI is InChI=1S/C14H15ClN2O2/c1-16-13-8-7-19-6-5-10(8)17-14-11(18-2)4-3-9(15)12(13)14/h3-4H,5-7H2,1-2H3,(H,16,17). The fraction of sp³-hybridized carbons (Fsp3) is 0.357. The maximum atomic E-state index is 6.34. The topological polar surface area (TPSA) is 43.4 Å². The first-order chi connectivity index (χ1) is 9.26. The second-order valence-corrected chi connectivity index (χ2v) is 4.85. The quantitative estimate of drug-likeness (QED) is 0.917. The van der Waals surface area contributed by atoms with E-state index in [1.807, 2.05) is 19.2 Å². The molecule has 0 unspecified atom stereocenters. The minimum Gasteiger partial charge on any atom is -0.494 e. The first-order valence-electron chi connectivity index (χ1n) is 6.19. The Morgan fingerprint density at radius 3 is 3.00 bits per heavy atom. The summed E-state index contributed by atoms with van der Waals surface area (Å²) < 4.78 is 10.9. The molecule has 19 heavy (non-hydrogen) atoms. The van der Waals surface area contributed by atoms with Crippen LogP contribution in [0.2, 0.25) is 5.02 Å². The van der Waals surface area contributed by atoms with Crippen molar-refractivity contribution in [2.24, 2.45) is 0 Å². The highest BCUT2D eigenvalue weighted by atomic mass is 35.5. The number of nitrogens with zero attached hydrogens (tertiary/aromatic N) is 1. The summed E-state index contributed by atoms with van der Waals surface area (Å²) in [4.78, 5) is 4.73. The molecule has 0 atom stereocenters. The van der Waals surface area contributed by atoms with Gasteiger partial charge in [0, 0.05) is 24.4 Å². The van der Waals surface area contributed by atoms with E-state index in [0.29, 0.717) is 18.2 Å². The van der Waals surface area contributed by atoms with E-state index in [9.17, 15) is 0 Å². The molecule has 0 aliphatic carbocycles. The van der Waals surface area contributed by atoms with Gasteiger partial charge in [0.1, 0.15) is 11.3 Å². The smallest absolute Gasteiger partial charge is 0.145 e. The van der Waals surface area contributed by atoms with Crippen molar-refractivity contribution in [1.29, 1.82) is 0 Å². The van der Waals surface area contributed by atoms with Gasteiger partial charge in [0.2, 0.25) is 0 Å². The Balaban J connectivity index is 2.42. The molecule has 5 heteroatoms. The summed E-state index contributed by atoms with van der Waals surface area (Å²) in [5, 5.41) is 4.79. The lowest BCUT2D eigenvalue weighted by molar-refractivity contribution is 0.110. The Morgan fingerprint density at radius 2 is 2.26 bits per heavy atom. The number of methoxy groups -OCH3 is 1. The number of fused-ring (bicyclic) bond motifs is 2. The third-order valence-electron chi connectivity index (χ3n) is 3.44. The molecule has 1 aliphatic rings. The van der Waals surface area contributed by atoms with E-state index < -0.39 is 0 Å². The van der Waals surface area contributed by atoms with Crippen LogP contribution in [0.15, 0.2) is 12.1 Å². The van der Waals surface area contributed by atoms with Gasteiger partial charge in [-0.3, -0.25) is 0 Å². The highest BCUT2D eigenvalue weighted by Crippen LogP contribution is 2.39. The average Bonchev–Trinajstić information content (AvgIpc) is 2.45. The van der Waals surface area contributed by atoms with Gasteiger partial charge in [0.25, 0.3) is 0 Å². The highest BCUT2D eigenvalue weighted by Gasteiger charge is 2.21. The Kier molecular flexibility index (Phi) is 3.21. The Hall–Kier alpha value is -1.52. The maximum absolute atomic E-state index is 6.34. The summed E-state index contributed by atoms with van der Waals surface area (Å²) in [6.07, 6.45) is 0.815. The third kappa shape index (κ3) is 1.91. The molecule has 1 aromatic heterocycles. The summed E-state index contributed by atoms with van der Waals surface area (Å²) >= 11 is 6.34. The zero-order valence-corrected chi connectivity index (χ0v) is 11.7. The maximum Gasteiger partial charge on any atom is 0.145 e. The SMILES string of the molecule is CNc1c2c(nc3c(OC)ccc(Cl)c13)CCOC2. The molecule has 1 N–H and O–H groups in total. The Labute approximate surface area is 116 Å².